The number of nitrogens with one attached hydrogen (secondary N) is 1. The molecule has 5 nitrogen and oxygen atoms in total. The smallest absolute Gasteiger partial charge is 0.276 e. The summed E-state index contributed by atoms with van der Waals surface area (Å²) in [5.74, 6) is 2.32. The zero-order valence-corrected chi connectivity index (χ0v) is 11.1. The summed E-state index contributed by atoms with van der Waals surface area (Å²) in [5, 5.41) is 3.15. The highest BCUT2D eigenvalue weighted by Crippen LogP contribution is 2.26. The van der Waals surface area contributed by atoms with Crippen molar-refractivity contribution in [3.8, 4) is 5.82 Å². The summed E-state index contributed by atoms with van der Waals surface area (Å²) in [4.78, 5) is 18.5. The van der Waals surface area contributed by atoms with Crippen LogP contribution < -0.4 is 10.5 Å². The average molecular weight is 262 g/mol. The van der Waals surface area contributed by atoms with Crippen LogP contribution >= 0.6 is 11.8 Å². The molecule has 0 spiro atoms. The number of aromatic amines is 1. The van der Waals surface area contributed by atoms with Gasteiger partial charge in [-0.3, -0.25) is 9.89 Å². The largest absolute Gasteiger partial charge is 0.378 e. The molecule has 1 aliphatic rings. The van der Waals surface area contributed by atoms with E-state index in [2.05, 4.69) is 10.1 Å². The van der Waals surface area contributed by atoms with Crippen LogP contribution in [0, 0.1) is 0 Å². The molecule has 1 aliphatic heterocycles. The van der Waals surface area contributed by atoms with Gasteiger partial charge in [0, 0.05) is 43.6 Å². The molecule has 0 radical (unpaired) electrons. The van der Waals surface area contributed by atoms with Crippen molar-refractivity contribution in [1.82, 2.24) is 14.8 Å². The van der Waals surface area contributed by atoms with Crippen molar-refractivity contribution in [1.29, 1.82) is 0 Å². The molecule has 2 aromatic rings. The van der Waals surface area contributed by atoms with E-state index in [0.29, 0.717) is 5.82 Å². The van der Waals surface area contributed by atoms with Crippen LogP contribution in [0.4, 0.5) is 5.69 Å². The Morgan fingerprint density at radius 2 is 2.28 bits per heavy atom. The molecule has 0 aliphatic carbocycles. The van der Waals surface area contributed by atoms with Gasteiger partial charge in [0.05, 0.1) is 11.3 Å². The second-order valence-electron chi connectivity index (χ2n) is 4.47. The third kappa shape index (κ3) is 1.73. The van der Waals surface area contributed by atoms with Gasteiger partial charge in [-0.05, 0) is 6.07 Å². The van der Waals surface area contributed by atoms with Gasteiger partial charge in [-0.2, -0.15) is 11.8 Å². The van der Waals surface area contributed by atoms with Crippen LogP contribution in [0.1, 0.15) is 11.3 Å². The number of pyridine rings is 1. The lowest BCUT2D eigenvalue weighted by molar-refractivity contribution is 0.803. The summed E-state index contributed by atoms with van der Waals surface area (Å²) < 4.78 is 1.54. The van der Waals surface area contributed by atoms with Crippen LogP contribution in [0.2, 0.25) is 0 Å². The number of aromatic nitrogens is 3. The van der Waals surface area contributed by atoms with Crippen molar-refractivity contribution in [2.24, 2.45) is 0 Å². The molecule has 3 heterocycles. The van der Waals surface area contributed by atoms with Gasteiger partial charge in [0.25, 0.3) is 5.56 Å². The maximum absolute atomic E-state index is 12.2. The summed E-state index contributed by atoms with van der Waals surface area (Å²) in [7, 11) is 3.93. The molecule has 0 saturated carbocycles. The Hall–Kier alpha value is -1.69. The summed E-state index contributed by atoms with van der Waals surface area (Å²) in [6.45, 7) is 0. The number of anilines is 1. The molecule has 94 valence electrons. The molecular weight excluding hydrogens is 248 g/mol. The number of nitrogens with zero attached hydrogens (tertiary/aromatic N) is 3. The predicted octanol–water partition coefficient (Wildman–Crippen LogP) is 1.37. The van der Waals surface area contributed by atoms with E-state index in [4.69, 9.17) is 0 Å². The van der Waals surface area contributed by atoms with Crippen LogP contribution in [-0.4, -0.2) is 28.9 Å². The molecule has 0 unspecified atom stereocenters. The number of hydrogen-bond donors (Lipinski definition) is 1. The molecule has 1 N–H and O–H groups in total. The van der Waals surface area contributed by atoms with Gasteiger partial charge in [-0.1, -0.05) is 0 Å². The van der Waals surface area contributed by atoms with Gasteiger partial charge >= 0.3 is 0 Å². The molecule has 0 saturated heterocycles. The Morgan fingerprint density at radius 3 is 3.00 bits per heavy atom. The van der Waals surface area contributed by atoms with Gasteiger partial charge < -0.3 is 4.90 Å². The number of rotatable bonds is 2. The minimum Gasteiger partial charge on any atom is -0.378 e. The SMILES string of the molecule is CN(C)c1ccnc(-n2[nH]c3c(c2=O)CSC3)c1. The van der Waals surface area contributed by atoms with E-state index in [1.807, 2.05) is 31.1 Å². The average Bonchev–Trinajstić information content (AvgIpc) is 2.93. The number of H-pyrrole nitrogens is 1. The molecule has 0 aromatic carbocycles. The third-order valence-corrected chi connectivity index (χ3v) is 4.03. The highest BCUT2D eigenvalue weighted by molar-refractivity contribution is 7.98. The van der Waals surface area contributed by atoms with Crippen molar-refractivity contribution in [2.75, 3.05) is 19.0 Å². The zero-order chi connectivity index (χ0) is 12.7. The first-order valence-electron chi connectivity index (χ1n) is 5.71. The first kappa shape index (κ1) is 11.4. The highest BCUT2D eigenvalue weighted by atomic mass is 32.2. The number of hydrogen-bond acceptors (Lipinski definition) is 4. The van der Waals surface area contributed by atoms with Gasteiger partial charge in [0.1, 0.15) is 0 Å². The third-order valence-electron chi connectivity index (χ3n) is 3.04. The van der Waals surface area contributed by atoms with Gasteiger partial charge in [0.2, 0.25) is 0 Å². The fraction of sp³-hybridized carbons (Fsp3) is 0.333. The van der Waals surface area contributed by atoms with E-state index in [0.717, 1.165) is 28.5 Å². The fourth-order valence-corrected chi connectivity index (χ4v) is 3.06. The minimum atomic E-state index is 0.0263. The summed E-state index contributed by atoms with van der Waals surface area (Å²) in [6.07, 6.45) is 1.72. The monoisotopic (exact) mass is 262 g/mol. The van der Waals surface area contributed by atoms with E-state index >= 15 is 0 Å². The van der Waals surface area contributed by atoms with E-state index < -0.39 is 0 Å². The normalized spacial score (nSPS) is 13.7. The quantitative estimate of drug-likeness (QED) is 0.888. The van der Waals surface area contributed by atoms with Crippen molar-refractivity contribution in [3.05, 3.63) is 39.9 Å². The van der Waals surface area contributed by atoms with Crippen LogP contribution in [0.15, 0.2) is 23.1 Å². The second kappa shape index (κ2) is 4.20. The molecule has 0 amide bonds. The van der Waals surface area contributed by atoms with Gasteiger partial charge in [-0.25, -0.2) is 9.67 Å². The van der Waals surface area contributed by atoms with E-state index in [9.17, 15) is 4.79 Å². The Labute approximate surface area is 109 Å². The summed E-state index contributed by atoms with van der Waals surface area (Å²) in [5.41, 5.74) is 2.97. The zero-order valence-electron chi connectivity index (χ0n) is 10.3. The van der Waals surface area contributed by atoms with E-state index in [1.165, 1.54) is 4.68 Å². The standard InChI is InChI=1S/C12H14N4OS/c1-15(2)8-3-4-13-11(5-8)16-12(17)9-6-18-7-10(9)14-16/h3-5,14H,6-7H2,1-2H3. The van der Waals surface area contributed by atoms with Crippen molar-refractivity contribution >= 4 is 17.4 Å². The maximum Gasteiger partial charge on any atom is 0.276 e. The van der Waals surface area contributed by atoms with E-state index in [-0.39, 0.29) is 5.56 Å². The summed E-state index contributed by atoms with van der Waals surface area (Å²) >= 11 is 1.76. The molecule has 0 atom stereocenters. The van der Waals surface area contributed by atoms with E-state index in [1.54, 1.807) is 18.0 Å². The minimum absolute atomic E-state index is 0.0263. The molecule has 2 aromatic heterocycles. The van der Waals surface area contributed by atoms with Crippen LogP contribution in [0.25, 0.3) is 5.82 Å². The topological polar surface area (TPSA) is 53.9 Å². The number of fused-ring (bicyclic) bond motifs is 1. The molecule has 18 heavy (non-hydrogen) atoms. The Balaban J connectivity index is 2.10. The van der Waals surface area contributed by atoms with Crippen molar-refractivity contribution < 1.29 is 0 Å². The van der Waals surface area contributed by atoms with Crippen molar-refractivity contribution in [2.45, 2.75) is 11.5 Å². The lowest BCUT2D eigenvalue weighted by atomic mass is 10.3. The van der Waals surface area contributed by atoms with Crippen LogP contribution in [0.5, 0.6) is 0 Å². The lowest BCUT2D eigenvalue weighted by Gasteiger charge is -2.12. The maximum atomic E-state index is 12.2. The first-order valence-corrected chi connectivity index (χ1v) is 6.86. The molecule has 0 bridgehead atoms. The molecule has 3 rings (SSSR count). The Kier molecular flexibility index (Phi) is 2.66. The van der Waals surface area contributed by atoms with Gasteiger partial charge in [0.15, 0.2) is 5.82 Å². The van der Waals surface area contributed by atoms with Crippen molar-refractivity contribution in [3.63, 3.8) is 0 Å². The van der Waals surface area contributed by atoms with Crippen LogP contribution in [0.3, 0.4) is 0 Å². The Morgan fingerprint density at radius 1 is 1.44 bits per heavy atom. The lowest BCUT2D eigenvalue weighted by Crippen LogP contribution is -2.18. The molecule has 6 heteroatoms. The fourth-order valence-electron chi connectivity index (χ4n) is 2.01. The summed E-state index contributed by atoms with van der Waals surface area (Å²) in [6, 6.07) is 3.82. The van der Waals surface area contributed by atoms with Gasteiger partial charge in [-0.15, -0.1) is 0 Å². The van der Waals surface area contributed by atoms with Crippen LogP contribution in [-0.2, 0) is 11.5 Å². The highest BCUT2D eigenvalue weighted by Gasteiger charge is 2.20. The Bertz CT molecular complexity index is 644. The number of thioether (sulfide) groups is 1. The molecular formula is C12H14N4OS. The second-order valence-corrected chi connectivity index (χ2v) is 5.45. The predicted molar refractivity (Wildman–Crippen MR) is 73.5 cm³/mol. The first-order chi connectivity index (χ1) is 8.66. The molecule has 0 fully saturated rings.